The number of aromatic nitrogens is 1. The second-order valence-electron chi connectivity index (χ2n) is 2.54. The lowest BCUT2D eigenvalue weighted by atomic mass is 10.2. The summed E-state index contributed by atoms with van der Waals surface area (Å²) in [6.45, 7) is 0. The summed E-state index contributed by atoms with van der Waals surface area (Å²) in [5.41, 5.74) is 6.01. The lowest BCUT2D eigenvalue weighted by Gasteiger charge is -2.01. The molecule has 0 saturated heterocycles. The summed E-state index contributed by atoms with van der Waals surface area (Å²) in [5.74, 6) is 0. The first-order chi connectivity index (χ1) is 6.15. The number of nitriles is 1. The predicted molar refractivity (Wildman–Crippen MR) is 44.6 cm³/mol. The smallest absolute Gasteiger partial charge is 0.287 e. The van der Waals surface area contributed by atoms with Crippen LogP contribution in [-0.2, 0) is 0 Å². The molecule has 0 aliphatic carbocycles. The van der Waals surface area contributed by atoms with E-state index in [0.717, 1.165) is 0 Å². The third-order valence-electron chi connectivity index (χ3n) is 1.61. The summed E-state index contributed by atoms with van der Waals surface area (Å²) < 4.78 is 0. The number of nitrogens with two attached hydrogens (primary N) is 1. The van der Waals surface area contributed by atoms with E-state index in [1.54, 1.807) is 0 Å². The van der Waals surface area contributed by atoms with Crippen molar-refractivity contribution in [1.82, 2.24) is 4.98 Å². The zero-order valence-corrected chi connectivity index (χ0v) is 6.73. The molecule has 1 aromatic rings. The summed E-state index contributed by atoms with van der Waals surface area (Å²) in [5, 5.41) is 18.6. The van der Waals surface area contributed by atoms with Crippen LogP contribution in [0.15, 0.2) is 12.3 Å². The van der Waals surface area contributed by atoms with Gasteiger partial charge < -0.3 is 10.7 Å². The Morgan fingerprint density at radius 2 is 2.54 bits per heavy atom. The maximum absolute atomic E-state index is 10.3. The van der Waals surface area contributed by atoms with Gasteiger partial charge in [0.25, 0.3) is 5.69 Å². The Hall–Kier alpha value is -1.87. The van der Waals surface area contributed by atoms with Gasteiger partial charge in [0.2, 0.25) is 0 Å². The molecule has 1 unspecified atom stereocenters. The molecule has 1 rings (SSSR count). The Labute approximate surface area is 74.1 Å². The molecule has 1 heterocycles. The highest BCUT2D eigenvalue weighted by atomic mass is 16.6. The average Bonchev–Trinajstić information content (AvgIpc) is 2.52. The number of H-pyrrole nitrogens is 1. The zero-order chi connectivity index (χ0) is 9.84. The topological polar surface area (TPSA) is 109 Å². The monoisotopic (exact) mass is 180 g/mol. The van der Waals surface area contributed by atoms with Crippen molar-refractivity contribution in [2.75, 3.05) is 0 Å². The SMILES string of the molecule is N#CCC(N)c1cc([N+](=O)[O-])c[nH]1. The van der Waals surface area contributed by atoms with E-state index in [9.17, 15) is 10.1 Å². The molecule has 3 N–H and O–H groups in total. The van der Waals surface area contributed by atoms with Crippen molar-refractivity contribution in [3.8, 4) is 6.07 Å². The van der Waals surface area contributed by atoms with Crippen LogP contribution in [0.5, 0.6) is 0 Å². The van der Waals surface area contributed by atoms with E-state index < -0.39 is 11.0 Å². The number of rotatable bonds is 3. The van der Waals surface area contributed by atoms with E-state index in [0.29, 0.717) is 5.69 Å². The van der Waals surface area contributed by atoms with Crippen molar-refractivity contribution >= 4 is 5.69 Å². The van der Waals surface area contributed by atoms with Crippen molar-refractivity contribution in [3.05, 3.63) is 28.1 Å². The quantitative estimate of drug-likeness (QED) is 0.530. The van der Waals surface area contributed by atoms with Gasteiger partial charge in [0, 0.05) is 11.8 Å². The van der Waals surface area contributed by atoms with Gasteiger partial charge in [-0.15, -0.1) is 0 Å². The number of nitro groups is 1. The molecule has 6 heteroatoms. The first-order valence-electron chi connectivity index (χ1n) is 3.60. The molecule has 0 amide bonds. The highest BCUT2D eigenvalue weighted by Gasteiger charge is 2.13. The van der Waals surface area contributed by atoms with Gasteiger partial charge in [-0.2, -0.15) is 5.26 Å². The number of aromatic amines is 1. The van der Waals surface area contributed by atoms with Crippen LogP contribution in [0, 0.1) is 21.4 Å². The molecule has 0 bridgehead atoms. The van der Waals surface area contributed by atoms with Crippen molar-refractivity contribution in [3.63, 3.8) is 0 Å². The third-order valence-corrected chi connectivity index (χ3v) is 1.61. The third kappa shape index (κ3) is 2.04. The fourth-order valence-electron chi connectivity index (χ4n) is 0.928. The number of nitrogens with one attached hydrogen (secondary N) is 1. The first-order valence-corrected chi connectivity index (χ1v) is 3.60. The van der Waals surface area contributed by atoms with E-state index >= 15 is 0 Å². The second kappa shape index (κ2) is 3.69. The Balaban J connectivity index is 2.80. The summed E-state index contributed by atoms with van der Waals surface area (Å²) >= 11 is 0. The van der Waals surface area contributed by atoms with Gasteiger partial charge in [-0.05, 0) is 0 Å². The molecule has 0 spiro atoms. The van der Waals surface area contributed by atoms with E-state index in [1.165, 1.54) is 12.3 Å². The molecule has 0 fully saturated rings. The molecule has 13 heavy (non-hydrogen) atoms. The van der Waals surface area contributed by atoms with Gasteiger partial charge in [0.1, 0.15) is 0 Å². The second-order valence-corrected chi connectivity index (χ2v) is 2.54. The van der Waals surface area contributed by atoms with Gasteiger partial charge in [0.05, 0.1) is 29.7 Å². The van der Waals surface area contributed by atoms with Crippen LogP contribution >= 0.6 is 0 Å². The molecule has 0 aromatic carbocycles. The minimum atomic E-state index is -0.515. The van der Waals surface area contributed by atoms with Crippen molar-refractivity contribution in [2.45, 2.75) is 12.5 Å². The van der Waals surface area contributed by atoms with Crippen LogP contribution in [0.3, 0.4) is 0 Å². The van der Waals surface area contributed by atoms with E-state index in [1.807, 2.05) is 6.07 Å². The van der Waals surface area contributed by atoms with Gasteiger partial charge in [-0.25, -0.2) is 0 Å². The minimum absolute atomic E-state index is 0.0385. The average molecular weight is 180 g/mol. The normalized spacial score (nSPS) is 12.0. The molecule has 6 nitrogen and oxygen atoms in total. The molecular formula is C7H8N4O2. The van der Waals surface area contributed by atoms with E-state index in [2.05, 4.69) is 4.98 Å². The zero-order valence-electron chi connectivity index (χ0n) is 6.73. The van der Waals surface area contributed by atoms with Crippen molar-refractivity contribution in [1.29, 1.82) is 5.26 Å². The number of hydrogen-bond acceptors (Lipinski definition) is 4. The molecule has 0 aliphatic rings. The van der Waals surface area contributed by atoms with Crippen LogP contribution in [0.1, 0.15) is 18.2 Å². The summed E-state index contributed by atoms with van der Waals surface area (Å²) in [6, 6.07) is 2.74. The minimum Gasteiger partial charge on any atom is -0.358 e. The lowest BCUT2D eigenvalue weighted by Crippen LogP contribution is -2.09. The number of hydrogen-bond donors (Lipinski definition) is 2. The maximum Gasteiger partial charge on any atom is 0.287 e. The Morgan fingerprint density at radius 1 is 1.85 bits per heavy atom. The standard InChI is InChI=1S/C7H8N4O2/c8-2-1-6(9)7-3-5(4-10-7)11(12)13/h3-4,6,10H,1,9H2. The first kappa shape index (κ1) is 9.22. The summed E-state index contributed by atoms with van der Waals surface area (Å²) in [4.78, 5) is 12.4. The highest BCUT2D eigenvalue weighted by Crippen LogP contribution is 2.18. The van der Waals surface area contributed by atoms with Crippen LogP contribution in [0.2, 0.25) is 0 Å². The van der Waals surface area contributed by atoms with Crippen molar-refractivity contribution in [2.24, 2.45) is 5.73 Å². The van der Waals surface area contributed by atoms with Gasteiger partial charge >= 0.3 is 0 Å². The Kier molecular flexibility index (Phi) is 2.62. The molecule has 1 atom stereocenters. The maximum atomic E-state index is 10.3. The van der Waals surface area contributed by atoms with Gasteiger partial charge in [-0.3, -0.25) is 10.1 Å². The lowest BCUT2D eigenvalue weighted by molar-refractivity contribution is -0.384. The van der Waals surface area contributed by atoms with Crippen LogP contribution in [0.4, 0.5) is 5.69 Å². The van der Waals surface area contributed by atoms with Gasteiger partial charge in [-0.1, -0.05) is 0 Å². The molecule has 0 saturated carbocycles. The van der Waals surface area contributed by atoms with Gasteiger partial charge in [0.15, 0.2) is 0 Å². The van der Waals surface area contributed by atoms with Crippen LogP contribution in [0.25, 0.3) is 0 Å². The highest BCUT2D eigenvalue weighted by molar-refractivity contribution is 5.31. The fraction of sp³-hybridized carbons (Fsp3) is 0.286. The largest absolute Gasteiger partial charge is 0.358 e. The Morgan fingerprint density at radius 3 is 3.00 bits per heavy atom. The van der Waals surface area contributed by atoms with Crippen LogP contribution in [-0.4, -0.2) is 9.91 Å². The van der Waals surface area contributed by atoms with E-state index in [4.69, 9.17) is 11.0 Å². The molecule has 0 radical (unpaired) electrons. The summed E-state index contributed by atoms with van der Waals surface area (Å²) in [6.07, 6.45) is 1.39. The molecule has 0 aliphatic heterocycles. The van der Waals surface area contributed by atoms with Crippen molar-refractivity contribution < 1.29 is 4.92 Å². The Bertz CT molecular complexity index is 352. The fourth-order valence-corrected chi connectivity index (χ4v) is 0.928. The molecule has 1 aromatic heterocycles. The summed E-state index contributed by atoms with van der Waals surface area (Å²) in [7, 11) is 0. The molecule has 68 valence electrons. The molecular weight excluding hydrogens is 172 g/mol. The van der Waals surface area contributed by atoms with E-state index in [-0.39, 0.29) is 12.1 Å². The predicted octanol–water partition coefficient (Wildman–Crippen LogP) is 0.836. The van der Waals surface area contributed by atoms with Crippen LogP contribution < -0.4 is 5.73 Å². The number of nitrogens with zero attached hydrogens (tertiary/aromatic N) is 2.